The van der Waals surface area contributed by atoms with Gasteiger partial charge in [0.2, 0.25) is 10.0 Å². The van der Waals surface area contributed by atoms with Crippen LogP contribution in [0.3, 0.4) is 0 Å². The topological polar surface area (TPSA) is 84.2 Å². The van der Waals surface area contributed by atoms with E-state index in [1.165, 1.54) is 4.31 Å². The van der Waals surface area contributed by atoms with Gasteiger partial charge in [-0.1, -0.05) is 32.0 Å². The van der Waals surface area contributed by atoms with Crippen molar-refractivity contribution in [2.24, 2.45) is 0 Å². The van der Waals surface area contributed by atoms with Gasteiger partial charge in [0, 0.05) is 25.3 Å². The summed E-state index contributed by atoms with van der Waals surface area (Å²) in [6, 6.07) is 15.2. The largest absolute Gasteiger partial charge is 0.363 e. The van der Waals surface area contributed by atoms with Gasteiger partial charge in [0.25, 0.3) is 0 Å². The number of rotatable bonds is 7. The molecule has 0 unspecified atom stereocenters. The Hall–Kier alpha value is -2.78. The highest BCUT2D eigenvalue weighted by Crippen LogP contribution is 2.32. The number of anilines is 1. The summed E-state index contributed by atoms with van der Waals surface area (Å²) in [5.74, 6) is 0.740. The minimum Gasteiger partial charge on any atom is -0.363 e. The second-order valence-corrected chi connectivity index (χ2v) is 8.83. The number of hydrogen-bond acceptors (Lipinski definition) is 6. The molecule has 2 heterocycles. The summed E-state index contributed by atoms with van der Waals surface area (Å²) < 4.78 is 28.8. The third kappa shape index (κ3) is 3.63. The third-order valence-corrected chi connectivity index (χ3v) is 7.30. The van der Waals surface area contributed by atoms with Crippen LogP contribution in [-0.4, -0.2) is 52.6 Å². The molecule has 0 N–H and O–H groups in total. The standard InChI is InChI=1S/C20H24N6O2S/c1-3-25(4-2)29(27,28)18-10-11-19-16(14-18)12-13-24(19)15-20-21-22-23-26(20)17-8-6-5-7-9-17/h5-11,14H,3-4,12-13,15H2,1-2H3. The van der Waals surface area contributed by atoms with E-state index in [-0.39, 0.29) is 0 Å². The quantitative estimate of drug-likeness (QED) is 0.592. The van der Waals surface area contributed by atoms with Crippen LogP contribution in [0.2, 0.25) is 0 Å². The van der Waals surface area contributed by atoms with Gasteiger partial charge in [-0.15, -0.1) is 5.10 Å². The van der Waals surface area contributed by atoms with Gasteiger partial charge in [-0.25, -0.2) is 8.42 Å². The van der Waals surface area contributed by atoms with Gasteiger partial charge < -0.3 is 4.90 Å². The second kappa shape index (κ2) is 7.92. The van der Waals surface area contributed by atoms with E-state index in [1.54, 1.807) is 10.7 Å². The van der Waals surface area contributed by atoms with E-state index in [4.69, 9.17) is 0 Å². The van der Waals surface area contributed by atoms with E-state index in [1.807, 2.05) is 56.3 Å². The Labute approximate surface area is 170 Å². The predicted molar refractivity (Wildman–Crippen MR) is 110 cm³/mol. The summed E-state index contributed by atoms with van der Waals surface area (Å²) >= 11 is 0. The normalized spacial score (nSPS) is 13.8. The molecule has 0 saturated carbocycles. The molecule has 0 atom stereocenters. The number of hydrogen-bond donors (Lipinski definition) is 0. The summed E-state index contributed by atoms with van der Waals surface area (Å²) in [7, 11) is -3.45. The van der Waals surface area contributed by atoms with Crippen LogP contribution < -0.4 is 4.90 Å². The zero-order valence-electron chi connectivity index (χ0n) is 16.6. The van der Waals surface area contributed by atoms with Crippen molar-refractivity contribution in [3.63, 3.8) is 0 Å². The molecule has 4 rings (SSSR count). The number of fused-ring (bicyclic) bond motifs is 1. The number of sulfonamides is 1. The smallest absolute Gasteiger partial charge is 0.243 e. The SMILES string of the molecule is CCN(CC)S(=O)(=O)c1ccc2c(c1)CCN2Cc1nnnn1-c1ccccc1. The highest BCUT2D eigenvalue weighted by Gasteiger charge is 2.26. The maximum Gasteiger partial charge on any atom is 0.243 e. The molecule has 0 spiro atoms. The molecular weight excluding hydrogens is 388 g/mol. The van der Waals surface area contributed by atoms with E-state index in [9.17, 15) is 8.42 Å². The van der Waals surface area contributed by atoms with E-state index < -0.39 is 10.0 Å². The van der Waals surface area contributed by atoms with Crippen molar-refractivity contribution < 1.29 is 8.42 Å². The van der Waals surface area contributed by atoms with Crippen molar-refractivity contribution >= 4 is 15.7 Å². The van der Waals surface area contributed by atoms with Crippen LogP contribution in [0.15, 0.2) is 53.4 Å². The summed E-state index contributed by atoms with van der Waals surface area (Å²) in [6.07, 6.45) is 0.795. The lowest BCUT2D eigenvalue weighted by Gasteiger charge is -2.21. The van der Waals surface area contributed by atoms with E-state index in [2.05, 4.69) is 20.4 Å². The Kier molecular flexibility index (Phi) is 5.33. The van der Waals surface area contributed by atoms with Crippen LogP contribution in [0.25, 0.3) is 5.69 Å². The lowest BCUT2D eigenvalue weighted by Crippen LogP contribution is -2.30. The number of benzene rings is 2. The Bertz CT molecular complexity index is 1090. The van der Waals surface area contributed by atoms with Crippen molar-refractivity contribution in [3.05, 3.63) is 59.9 Å². The van der Waals surface area contributed by atoms with Gasteiger partial charge in [-0.05, 0) is 52.7 Å². The number of para-hydroxylation sites is 1. The van der Waals surface area contributed by atoms with Crippen LogP contribution in [-0.2, 0) is 23.0 Å². The van der Waals surface area contributed by atoms with Crippen molar-refractivity contribution in [3.8, 4) is 5.69 Å². The lowest BCUT2D eigenvalue weighted by atomic mass is 10.2. The first-order valence-corrected chi connectivity index (χ1v) is 11.2. The molecule has 1 aliphatic heterocycles. The molecule has 0 radical (unpaired) electrons. The molecule has 0 fully saturated rings. The van der Waals surface area contributed by atoms with Crippen LogP contribution in [0.4, 0.5) is 5.69 Å². The zero-order chi connectivity index (χ0) is 20.4. The first-order valence-electron chi connectivity index (χ1n) is 9.75. The molecule has 152 valence electrons. The second-order valence-electron chi connectivity index (χ2n) is 6.89. The maximum atomic E-state index is 12.8. The molecule has 1 aromatic heterocycles. The van der Waals surface area contributed by atoms with Crippen LogP contribution in [0.1, 0.15) is 25.2 Å². The van der Waals surface area contributed by atoms with Crippen molar-refractivity contribution in [2.45, 2.75) is 31.7 Å². The summed E-state index contributed by atoms with van der Waals surface area (Å²) in [4.78, 5) is 2.55. The first-order chi connectivity index (χ1) is 14.0. The van der Waals surface area contributed by atoms with Crippen molar-refractivity contribution in [2.75, 3.05) is 24.5 Å². The Balaban J connectivity index is 1.59. The van der Waals surface area contributed by atoms with Crippen LogP contribution >= 0.6 is 0 Å². The van der Waals surface area contributed by atoms with E-state index >= 15 is 0 Å². The average Bonchev–Trinajstić information content (AvgIpc) is 3.36. The fourth-order valence-corrected chi connectivity index (χ4v) is 5.24. The predicted octanol–water partition coefficient (Wildman–Crippen LogP) is 2.26. The van der Waals surface area contributed by atoms with E-state index in [0.717, 1.165) is 35.7 Å². The molecule has 0 saturated heterocycles. The minimum absolute atomic E-state index is 0.357. The fourth-order valence-electron chi connectivity index (χ4n) is 3.73. The Morgan fingerprint density at radius 3 is 2.55 bits per heavy atom. The number of nitrogens with zero attached hydrogens (tertiary/aromatic N) is 6. The van der Waals surface area contributed by atoms with Crippen molar-refractivity contribution in [1.29, 1.82) is 0 Å². The van der Waals surface area contributed by atoms with Crippen LogP contribution in [0, 0.1) is 0 Å². The lowest BCUT2D eigenvalue weighted by molar-refractivity contribution is 0.445. The highest BCUT2D eigenvalue weighted by molar-refractivity contribution is 7.89. The van der Waals surface area contributed by atoms with Gasteiger partial charge >= 0.3 is 0 Å². The number of aromatic nitrogens is 4. The Morgan fingerprint density at radius 1 is 1.07 bits per heavy atom. The molecule has 9 heteroatoms. The molecule has 0 bridgehead atoms. The van der Waals surface area contributed by atoms with Gasteiger partial charge in [0.15, 0.2) is 5.82 Å². The first kappa shape index (κ1) is 19.5. The van der Waals surface area contributed by atoms with Gasteiger partial charge in [0.1, 0.15) is 0 Å². The van der Waals surface area contributed by atoms with Gasteiger partial charge in [0.05, 0.1) is 17.1 Å². The maximum absolute atomic E-state index is 12.8. The molecule has 2 aromatic carbocycles. The van der Waals surface area contributed by atoms with E-state index in [0.29, 0.717) is 24.5 Å². The van der Waals surface area contributed by atoms with Gasteiger partial charge in [-0.3, -0.25) is 0 Å². The summed E-state index contributed by atoms with van der Waals surface area (Å²) in [5.41, 5.74) is 2.98. The molecule has 29 heavy (non-hydrogen) atoms. The van der Waals surface area contributed by atoms with Gasteiger partial charge in [-0.2, -0.15) is 8.99 Å². The summed E-state index contributed by atoms with van der Waals surface area (Å²) in [5, 5.41) is 12.1. The van der Waals surface area contributed by atoms with Crippen molar-refractivity contribution in [1.82, 2.24) is 24.5 Å². The minimum atomic E-state index is -3.45. The zero-order valence-corrected chi connectivity index (χ0v) is 17.4. The number of tetrazole rings is 1. The molecular formula is C20H24N6O2S. The monoisotopic (exact) mass is 412 g/mol. The molecule has 0 amide bonds. The Morgan fingerprint density at radius 2 is 1.83 bits per heavy atom. The molecule has 3 aromatic rings. The summed E-state index contributed by atoms with van der Waals surface area (Å²) in [6.45, 7) is 5.98. The fraction of sp³-hybridized carbons (Fsp3) is 0.350. The average molecular weight is 413 g/mol. The molecule has 1 aliphatic rings. The highest BCUT2D eigenvalue weighted by atomic mass is 32.2. The van der Waals surface area contributed by atoms with Crippen LogP contribution in [0.5, 0.6) is 0 Å². The molecule has 0 aliphatic carbocycles. The third-order valence-electron chi connectivity index (χ3n) is 5.25. The molecule has 8 nitrogen and oxygen atoms in total.